The molecule has 0 radical (unpaired) electrons. The third-order valence-electron chi connectivity index (χ3n) is 3.18. The molecule has 1 nitrogen and oxygen atoms in total. The van der Waals surface area contributed by atoms with Crippen molar-refractivity contribution in [1.29, 1.82) is 0 Å². The van der Waals surface area contributed by atoms with Gasteiger partial charge in [-0.1, -0.05) is 35.9 Å². The van der Waals surface area contributed by atoms with Crippen LogP contribution in [0.3, 0.4) is 0 Å². The molecule has 19 heavy (non-hydrogen) atoms. The molecule has 0 bridgehead atoms. The molecule has 0 fully saturated rings. The molecular weight excluding hydrogens is 244 g/mol. The minimum atomic E-state index is -0.811. The lowest BCUT2D eigenvalue weighted by Gasteiger charge is -2.14. The Kier molecular flexibility index (Phi) is 4.27. The maximum absolute atomic E-state index is 13.1. The van der Waals surface area contributed by atoms with E-state index in [1.54, 1.807) is 6.07 Å². The van der Waals surface area contributed by atoms with Crippen molar-refractivity contribution in [1.82, 2.24) is 5.32 Å². The van der Waals surface area contributed by atoms with Crippen LogP contribution in [0, 0.1) is 18.6 Å². The standard InChI is InChI=1S/C16H17F2N/c1-11-3-5-13(6-4-11)10-19-12(2)14-7-8-15(17)16(18)9-14/h3-9,12,19H,10H2,1-2H3. The molecule has 1 N–H and O–H groups in total. The third-order valence-corrected chi connectivity index (χ3v) is 3.18. The zero-order valence-electron chi connectivity index (χ0n) is 11.1. The summed E-state index contributed by atoms with van der Waals surface area (Å²) >= 11 is 0. The van der Waals surface area contributed by atoms with Gasteiger partial charge in [-0.3, -0.25) is 0 Å². The molecule has 0 aliphatic heterocycles. The summed E-state index contributed by atoms with van der Waals surface area (Å²) < 4.78 is 26.0. The molecule has 100 valence electrons. The highest BCUT2D eigenvalue weighted by molar-refractivity contribution is 5.23. The highest BCUT2D eigenvalue weighted by Gasteiger charge is 2.08. The molecule has 0 saturated heterocycles. The fraction of sp³-hybridized carbons (Fsp3) is 0.250. The Labute approximate surface area is 112 Å². The number of benzene rings is 2. The minimum absolute atomic E-state index is 0.0311. The Morgan fingerprint density at radius 2 is 1.68 bits per heavy atom. The van der Waals surface area contributed by atoms with Gasteiger partial charge in [0.2, 0.25) is 0 Å². The highest BCUT2D eigenvalue weighted by atomic mass is 19.2. The molecule has 3 heteroatoms. The first-order valence-corrected chi connectivity index (χ1v) is 6.30. The van der Waals surface area contributed by atoms with Gasteiger partial charge in [0, 0.05) is 12.6 Å². The van der Waals surface area contributed by atoms with E-state index in [0.29, 0.717) is 6.54 Å². The zero-order chi connectivity index (χ0) is 13.8. The molecule has 2 rings (SSSR count). The predicted octanol–water partition coefficient (Wildman–Crippen LogP) is 4.12. The predicted molar refractivity (Wildman–Crippen MR) is 72.8 cm³/mol. The van der Waals surface area contributed by atoms with Gasteiger partial charge in [-0.05, 0) is 37.1 Å². The van der Waals surface area contributed by atoms with Crippen molar-refractivity contribution in [3.63, 3.8) is 0 Å². The Morgan fingerprint density at radius 1 is 1.00 bits per heavy atom. The van der Waals surface area contributed by atoms with Crippen molar-refractivity contribution >= 4 is 0 Å². The molecule has 0 aliphatic carbocycles. The summed E-state index contributed by atoms with van der Waals surface area (Å²) in [7, 11) is 0. The smallest absolute Gasteiger partial charge is 0.159 e. The van der Waals surface area contributed by atoms with Crippen LogP contribution in [-0.2, 0) is 6.54 Å². The lowest BCUT2D eigenvalue weighted by Crippen LogP contribution is -2.18. The van der Waals surface area contributed by atoms with Crippen molar-refractivity contribution in [3.8, 4) is 0 Å². The van der Waals surface area contributed by atoms with E-state index in [-0.39, 0.29) is 6.04 Å². The summed E-state index contributed by atoms with van der Waals surface area (Å²) in [5.41, 5.74) is 3.13. The molecular formula is C16H17F2N. The van der Waals surface area contributed by atoms with E-state index in [0.717, 1.165) is 11.6 Å². The monoisotopic (exact) mass is 261 g/mol. The van der Waals surface area contributed by atoms with E-state index in [9.17, 15) is 8.78 Å². The Morgan fingerprint density at radius 3 is 2.32 bits per heavy atom. The van der Waals surface area contributed by atoms with Crippen LogP contribution in [0.1, 0.15) is 29.7 Å². The highest BCUT2D eigenvalue weighted by Crippen LogP contribution is 2.16. The van der Waals surface area contributed by atoms with Gasteiger partial charge < -0.3 is 5.32 Å². The van der Waals surface area contributed by atoms with Crippen LogP contribution in [0.5, 0.6) is 0 Å². The van der Waals surface area contributed by atoms with Gasteiger partial charge in [0.05, 0.1) is 0 Å². The summed E-state index contributed by atoms with van der Waals surface area (Å²) in [5.74, 6) is -1.61. The van der Waals surface area contributed by atoms with Crippen molar-refractivity contribution in [2.24, 2.45) is 0 Å². The first-order valence-electron chi connectivity index (χ1n) is 6.30. The molecule has 0 amide bonds. The van der Waals surface area contributed by atoms with Crippen LogP contribution < -0.4 is 5.32 Å². The second-order valence-corrected chi connectivity index (χ2v) is 4.76. The molecule has 0 heterocycles. The summed E-state index contributed by atoms with van der Waals surface area (Å²) in [6.07, 6.45) is 0. The van der Waals surface area contributed by atoms with Gasteiger partial charge in [0.1, 0.15) is 0 Å². The first kappa shape index (κ1) is 13.7. The van der Waals surface area contributed by atoms with Gasteiger partial charge in [-0.2, -0.15) is 0 Å². The zero-order valence-corrected chi connectivity index (χ0v) is 11.1. The second kappa shape index (κ2) is 5.93. The first-order chi connectivity index (χ1) is 9.06. The van der Waals surface area contributed by atoms with E-state index in [1.807, 2.05) is 13.8 Å². The fourth-order valence-electron chi connectivity index (χ4n) is 1.88. The van der Waals surface area contributed by atoms with Gasteiger partial charge >= 0.3 is 0 Å². The lowest BCUT2D eigenvalue weighted by molar-refractivity contribution is 0.500. The van der Waals surface area contributed by atoms with Gasteiger partial charge in [-0.25, -0.2) is 8.78 Å². The third kappa shape index (κ3) is 3.61. The molecule has 2 aromatic carbocycles. The molecule has 1 unspecified atom stereocenters. The van der Waals surface area contributed by atoms with Crippen LogP contribution in [0.25, 0.3) is 0 Å². The number of nitrogens with one attached hydrogen (secondary N) is 1. The van der Waals surface area contributed by atoms with Crippen LogP contribution in [0.4, 0.5) is 8.78 Å². The Hall–Kier alpha value is -1.74. The number of aryl methyl sites for hydroxylation is 1. The number of hydrogen-bond donors (Lipinski definition) is 1. The molecule has 0 spiro atoms. The van der Waals surface area contributed by atoms with E-state index in [2.05, 4.69) is 29.6 Å². The largest absolute Gasteiger partial charge is 0.306 e. The Bertz CT molecular complexity index is 549. The number of halogens is 2. The van der Waals surface area contributed by atoms with Crippen LogP contribution in [-0.4, -0.2) is 0 Å². The average molecular weight is 261 g/mol. The fourth-order valence-corrected chi connectivity index (χ4v) is 1.88. The summed E-state index contributed by atoms with van der Waals surface area (Å²) in [4.78, 5) is 0. The topological polar surface area (TPSA) is 12.0 Å². The summed E-state index contributed by atoms with van der Waals surface area (Å²) in [6.45, 7) is 4.67. The molecule has 0 saturated carbocycles. The molecule has 0 aromatic heterocycles. The van der Waals surface area contributed by atoms with E-state index >= 15 is 0 Å². The van der Waals surface area contributed by atoms with Crippen LogP contribution >= 0.6 is 0 Å². The van der Waals surface area contributed by atoms with Crippen molar-refractivity contribution in [2.45, 2.75) is 26.4 Å². The summed E-state index contributed by atoms with van der Waals surface area (Å²) in [5, 5.41) is 3.29. The molecule has 2 aromatic rings. The normalized spacial score (nSPS) is 12.4. The van der Waals surface area contributed by atoms with Gasteiger partial charge in [0.25, 0.3) is 0 Å². The van der Waals surface area contributed by atoms with Crippen LogP contribution in [0.2, 0.25) is 0 Å². The average Bonchev–Trinajstić information content (AvgIpc) is 2.41. The van der Waals surface area contributed by atoms with E-state index < -0.39 is 11.6 Å². The summed E-state index contributed by atoms with van der Waals surface area (Å²) in [6, 6.07) is 12.2. The molecule has 0 aliphatic rings. The van der Waals surface area contributed by atoms with Crippen LogP contribution in [0.15, 0.2) is 42.5 Å². The van der Waals surface area contributed by atoms with Gasteiger partial charge in [-0.15, -0.1) is 0 Å². The maximum Gasteiger partial charge on any atom is 0.159 e. The van der Waals surface area contributed by atoms with E-state index in [4.69, 9.17) is 0 Å². The van der Waals surface area contributed by atoms with E-state index in [1.165, 1.54) is 17.2 Å². The maximum atomic E-state index is 13.1. The van der Waals surface area contributed by atoms with Crippen molar-refractivity contribution in [3.05, 3.63) is 70.8 Å². The molecule has 1 atom stereocenters. The number of rotatable bonds is 4. The second-order valence-electron chi connectivity index (χ2n) is 4.76. The van der Waals surface area contributed by atoms with Crippen molar-refractivity contribution < 1.29 is 8.78 Å². The SMILES string of the molecule is Cc1ccc(CNC(C)c2ccc(F)c(F)c2)cc1. The quantitative estimate of drug-likeness (QED) is 0.872. The number of hydrogen-bond acceptors (Lipinski definition) is 1. The minimum Gasteiger partial charge on any atom is -0.306 e. The van der Waals surface area contributed by atoms with Crippen molar-refractivity contribution in [2.75, 3.05) is 0 Å². The Balaban J connectivity index is 1.98. The lowest BCUT2D eigenvalue weighted by atomic mass is 10.1. The van der Waals surface area contributed by atoms with Gasteiger partial charge in [0.15, 0.2) is 11.6 Å².